The van der Waals surface area contributed by atoms with Crippen LogP contribution in [0, 0.1) is 0 Å². The van der Waals surface area contributed by atoms with Gasteiger partial charge >= 0.3 is 0 Å². The molecule has 4 heteroatoms. The van der Waals surface area contributed by atoms with Gasteiger partial charge in [-0.2, -0.15) is 0 Å². The topological polar surface area (TPSA) is 29.3 Å². The van der Waals surface area contributed by atoms with E-state index in [-0.39, 0.29) is 0 Å². The number of aromatic nitrogens is 1. The van der Waals surface area contributed by atoms with Gasteiger partial charge in [0, 0.05) is 42.8 Å². The van der Waals surface area contributed by atoms with Crippen LogP contribution in [0.25, 0.3) is 65.0 Å². The van der Waals surface area contributed by atoms with E-state index in [0.717, 1.165) is 33.7 Å². The minimum Gasteiger partial charge on any atom is -0.436 e. The molecule has 222 valence electrons. The molecule has 0 bridgehead atoms. The smallest absolute Gasteiger partial charge is 0.227 e. The molecule has 9 rings (SSSR count). The molecule has 3 nitrogen and oxygen atoms in total. The van der Waals surface area contributed by atoms with E-state index in [9.17, 15) is 0 Å². The highest BCUT2D eigenvalue weighted by molar-refractivity contribution is 7.25. The Hall–Kier alpha value is -5.97. The molecule has 2 heterocycles. The summed E-state index contributed by atoms with van der Waals surface area (Å²) < 4.78 is 8.75. The number of rotatable bonds is 6. The van der Waals surface area contributed by atoms with E-state index >= 15 is 0 Å². The Balaban J connectivity index is 1.07. The van der Waals surface area contributed by atoms with Crippen LogP contribution in [0.15, 0.2) is 174 Å². The zero-order chi connectivity index (χ0) is 31.2. The van der Waals surface area contributed by atoms with Gasteiger partial charge in [-0.1, -0.05) is 109 Å². The lowest BCUT2D eigenvalue weighted by atomic mass is 10.0. The van der Waals surface area contributed by atoms with Crippen molar-refractivity contribution in [3.8, 4) is 33.7 Å². The third-order valence-corrected chi connectivity index (χ3v) is 9.82. The molecule has 0 aliphatic heterocycles. The maximum atomic E-state index is 6.33. The highest BCUT2D eigenvalue weighted by Gasteiger charge is 2.17. The van der Waals surface area contributed by atoms with Crippen LogP contribution in [0.2, 0.25) is 0 Å². The average molecular weight is 621 g/mol. The van der Waals surface area contributed by atoms with Crippen molar-refractivity contribution in [2.45, 2.75) is 0 Å². The molecule has 0 N–H and O–H groups in total. The van der Waals surface area contributed by atoms with Crippen LogP contribution in [0.1, 0.15) is 0 Å². The lowest BCUT2D eigenvalue weighted by molar-refractivity contribution is 0.620. The summed E-state index contributed by atoms with van der Waals surface area (Å²) >= 11 is 1.79. The standard InChI is InChI=1S/C43H28N2OS/c1-4-10-29(11-5-1)31-16-18-33(19-17-31)43-44-39-28-42-38(27-40(39)46-43)37-25-24-36(26-41(37)47-42)45(34-14-8-3-9-15-34)35-22-20-32(21-23-35)30-12-6-2-7-13-30/h1-28H. The van der Waals surface area contributed by atoms with E-state index in [0.29, 0.717) is 5.89 Å². The monoisotopic (exact) mass is 620 g/mol. The number of oxazole rings is 1. The molecule has 47 heavy (non-hydrogen) atoms. The van der Waals surface area contributed by atoms with Crippen LogP contribution in [0.4, 0.5) is 17.1 Å². The molecule has 0 aliphatic carbocycles. The number of para-hydroxylation sites is 1. The maximum Gasteiger partial charge on any atom is 0.227 e. The number of benzene rings is 7. The van der Waals surface area contributed by atoms with E-state index in [1.807, 2.05) is 6.07 Å². The van der Waals surface area contributed by atoms with Crippen LogP contribution in [-0.2, 0) is 0 Å². The lowest BCUT2D eigenvalue weighted by Gasteiger charge is -2.25. The van der Waals surface area contributed by atoms with Crippen molar-refractivity contribution in [3.63, 3.8) is 0 Å². The van der Waals surface area contributed by atoms with Gasteiger partial charge in [0.15, 0.2) is 5.58 Å². The molecule has 0 saturated heterocycles. The number of fused-ring (bicyclic) bond motifs is 4. The molecule has 0 unspecified atom stereocenters. The number of anilines is 3. The SMILES string of the molecule is c1ccc(-c2ccc(-c3nc4cc5sc6cc(N(c7ccccc7)c7ccc(-c8ccccc8)cc7)ccc6c5cc4o3)cc2)cc1. The van der Waals surface area contributed by atoms with Crippen LogP contribution >= 0.6 is 11.3 Å². The molecule has 0 amide bonds. The van der Waals surface area contributed by atoms with Crippen LogP contribution in [0.5, 0.6) is 0 Å². The number of nitrogens with zero attached hydrogens (tertiary/aromatic N) is 2. The van der Waals surface area contributed by atoms with Crippen molar-refractivity contribution in [2.75, 3.05) is 4.90 Å². The zero-order valence-corrected chi connectivity index (χ0v) is 26.2. The van der Waals surface area contributed by atoms with Gasteiger partial charge in [-0.25, -0.2) is 4.98 Å². The number of hydrogen-bond acceptors (Lipinski definition) is 4. The van der Waals surface area contributed by atoms with E-state index in [4.69, 9.17) is 9.40 Å². The van der Waals surface area contributed by atoms with Crippen LogP contribution in [0.3, 0.4) is 0 Å². The van der Waals surface area contributed by atoms with E-state index < -0.39 is 0 Å². The Morgan fingerprint density at radius 3 is 1.60 bits per heavy atom. The van der Waals surface area contributed by atoms with Gasteiger partial charge < -0.3 is 9.32 Å². The molecule has 0 aliphatic rings. The van der Waals surface area contributed by atoms with Gasteiger partial charge in [0.25, 0.3) is 0 Å². The Morgan fingerprint density at radius 1 is 0.426 bits per heavy atom. The normalized spacial score (nSPS) is 11.4. The fraction of sp³-hybridized carbons (Fsp3) is 0. The van der Waals surface area contributed by atoms with Gasteiger partial charge in [0.2, 0.25) is 5.89 Å². The highest BCUT2D eigenvalue weighted by atomic mass is 32.1. The second-order valence-electron chi connectivity index (χ2n) is 11.6. The molecule has 0 fully saturated rings. The summed E-state index contributed by atoms with van der Waals surface area (Å²) in [6.45, 7) is 0. The first kappa shape index (κ1) is 27.3. The van der Waals surface area contributed by atoms with Crippen molar-refractivity contribution in [1.82, 2.24) is 4.98 Å². The maximum absolute atomic E-state index is 6.33. The van der Waals surface area contributed by atoms with Crippen molar-refractivity contribution in [2.24, 2.45) is 0 Å². The third-order valence-electron chi connectivity index (χ3n) is 8.71. The quantitative estimate of drug-likeness (QED) is 0.185. The number of hydrogen-bond donors (Lipinski definition) is 0. The van der Waals surface area contributed by atoms with Crippen LogP contribution < -0.4 is 4.90 Å². The highest BCUT2D eigenvalue weighted by Crippen LogP contribution is 2.42. The van der Waals surface area contributed by atoms with Crippen molar-refractivity contribution >= 4 is 59.7 Å². The predicted octanol–water partition coefficient (Wildman–Crippen LogP) is 12.7. The van der Waals surface area contributed by atoms with Crippen LogP contribution in [-0.4, -0.2) is 4.98 Å². The first-order valence-electron chi connectivity index (χ1n) is 15.7. The molecule has 7 aromatic carbocycles. The molecule has 0 spiro atoms. The zero-order valence-electron chi connectivity index (χ0n) is 25.4. The first-order valence-corrected chi connectivity index (χ1v) is 16.5. The fourth-order valence-electron chi connectivity index (χ4n) is 6.34. The summed E-state index contributed by atoms with van der Waals surface area (Å²) in [4.78, 5) is 7.21. The summed E-state index contributed by atoms with van der Waals surface area (Å²) in [6, 6.07) is 59.8. The minimum absolute atomic E-state index is 0.639. The van der Waals surface area contributed by atoms with Gasteiger partial charge in [-0.05, 0) is 82.9 Å². The number of thiophene rings is 1. The Labute approximate surface area is 276 Å². The largest absolute Gasteiger partial charge is 0.436 e. The summed E-state index contributed by atoms with van der Waals surface area (Å²) in [6.07, 6.45) is 0. The molecule has 0 saturated carbocycles. The Kier molecular flexibility index (Phi) is 6.65. The lowest BCUT2D eigenvalue weighted by Crippen LogP contribution is -2.09. The van der Waals surface area contributed by atoms with E-state index in [1.165, 1.54) is 42.4 Å². The van der Waals surface area contributed by atoms with Gasteiger partial charge in [-0.15, -0.1) is 11.3 Å². The van der Waals surface area contributed by atoms with Crippen molar-refractivity contribution in [1.29, 1.82) is 0 Å². The van der Waals surface area contributed by atoms with Crippen molar-refractivity contribution < 1.29 is 4.42 Å². The second kappa shape index (κ2) is 11.4. The third kappa shape index (κ3) is 5.05. The Morgan fingerprint density at radius 2 is 0.936 bits per heavy atom. The van der Waals surface area contributed by atoms with Gasteiger partial charge in [0.05, 0.1) is 0 Å². The summed E-state index contributed by atoms with van der Waals surface area (Å²) in [5.41, 5.74) is 10.8. The minimum atomic E-state index is 0.639. The summed E-state index contributed by atoms with van der Waals surface area (Å²) in [5, 5.41) is 2.40. The molecular weight excluding hydrogens is 593 g/mol. The molecule has 9 aromatic rings. The fourth-order valence-corrected chi connectivity index (χ4v) is 7.50. The first-order chi connectivity index (χ1) is 23.3. The Bertz CT molecular complexity index is 2480. The molecule has 0 atom stereocenters. The average Bonchev–Trinajstić information content (AvgIpc) is 3.72. The van der Waals surface area contributed by atoms with Gasteiger partial charge in [-0.3, -0.25) is 0 Å². The summed E-state index contributed by atoms with van der Waals surface area (Å²) in [5.74, 6) is 0.639. The van der Waals surface area contributed by atoms with Gasteiger partial charge in [0.1, 0.15) is 5.52 Å². The molecular formula is C43H28N2OS. The summed E-state index contributed by atoms with van der Waals surface area (Å²) in [7, 11) is 0. The van der Waals surface area contributed by atoms with E-state index in [1.54, 1.807) is 11.3 Å². The molecule has 0 radical (unpaired) electrons. The second-order valence-corrected chi connectivity index (χ2v) is 12.7. The van der Waals surface area contributed by atoms with E-state index in [2.05, 4.69) is 169 Å². The predicted molar refractivity (Wildman–Crippen MR) is 198 cm³/mol. The van der Waals surface area contributed by atoms with Crippen molar-refractivity contribution in [3.05, 3.63) is 170 Å². The molecule has 2 aromatic heterocycles.